The molecule has 0 amide bonds. The number of rotatable bonds is 5. The third-order valence-electron chi connectivity index (χ3n) is 3.93. The van der Waals surface area contributed by atoms with Gasteiger partial charge in [-0.3, -0.25) is 9.36 Å². The SMILES string of the molecule is CCCC(C)n1cnc2c(sc3nccc(NC(C)C)c32)c1=O. The molecule has 1 atom stereocenters. The van der Waals surface area contributed by atoms with Gasteiger partial charge in [-0.15, -0.1) is 11.3 Å². The lowest BCUT2D eigenvalue weighted by molar-refractivity contribution is 0.484. The smallest absolute Gasteiger partial charge is 0.271 e. The van der Waals surface area contributed by atoms with Gasteiger partial charge in [0.05, 0.1) is 17.2 Å². The number of aromatic nitrogens is 3. The molecular formula is C17H22N4OS. The third-order valence-corrected chi connectivity index (χ3v) is 5.01. The average molecular weight is 330 g/mol. The van der Waals surface area contributed by atoms with Crippen LogP contribution in [-0.4, -0.2) is 20.6 Å². The summed E-state index contributed by atoms with van der Waals surface area (Å²) in [6, 6.07) is 2.41. The number of fused-ring (bicyclic) bond motifs is 3. The van der Waals surface area contributed by atoms with Crippen LogP contribution >= 0.6 is 11.3 Å². The van der Waals surface area contributed by atoms with E-state index in [0.29, 0.717) is 10.7 Å². The number of hydrogen-bond donors (Lipinski definition) is 1. The van der Waals surface area contributed by atoms with Gasteiger partial charge in [0.2, 0.25) is 0 Å². The lowest BCUT2D eigenvalue weighted by Gasteiger charge is -2.13. The second-order valence-corrected chi connectivity index (χ2v) is 7.21. The Morgan fingerprint density at radius 1 is 1.30 bits per heavy atom. The minimum absolute atomic E-state index is 0.0365. The van der Waals surface area contributed by atoms with Crippen LogP contribution in [0.3, 0.4) is 0 Å². The molecule has 6 heteroatoms. The molecule has 122 valence electrons. The molecule has 3 rings (SSSR count). The van der Waals surface area contributed by atoms with E-state index in [9.17, 15) is 4.79 Å². The molecule has 0 radical (unpaired) electrons. The zero-order valence-corrected chi connectivity index (χ0v) is 14.8. The topological polar surface area (TPSA) is 59.8 Å². The van der Waals surface area contributed by atoms with Crippen LogP contribution in [0.4, 0.5) is 5.69 Å². The van der Waals surface area contributed by atoms with Crippen molar-refractivity contribution in [2.45, 2.75) is 52.6 Å². The standard InChI is InChI=1S/C17H22N4OS/c1-5-6-11(4)21-9-19-14-13-12(20-10(2)3)7-8-18-16(13)23-15(14)17(21)22/h7-11H,5-6H2,1-4H3,(H,18,20). The molecule has 23 heavy (non-hydrogen) atoms. The highest BCUT2D eigenvalue weighted by molar-refractivity contribution is 7.25. The van der Waals surface area contributed by atoms with Gasteiger partial charge in [-0.1, -0.05) is 13.3 Å². The molecule has 0 aliphatic rings. The zero-order valence-electron chi connectivity index (χ0n) is 14.0. The molecule has 1 N–H and O–H groups in total. The summed E-state index contributed by atoms with van der Waals surface area (Å²) in [6.45, 7) is 8.37. The van der Waals surface area contributed by atoms with E-state index >= 15 is 0 Å². The molecule has 1 unspecified atom stereocenters. The van der Waals surface area contributed by atoms with Crippen molar-refractivity contribution in [2.24, 2.45) is 0 Å². The Morgan fingerprint density at radius 2 is 2.09 bits per heavy atom. The molecule has 0 bridgehead atoms. The second-order valence-electron chi connectivity index (χ2n) is 6.21. The van der Waals surface area contributed by atoms with Gasteiger partial charge < -0.3 is 5.32 Å². The molecule has 0 spiro atoms. The minimum Gasteiger partial charge on any atom is -0.382 e. The molecular weight excluding hydrogens is 308 g/mol. The quantitative estimate of drug-likeness (QED) is 0.762. The van der Waals surface area contributed by atoms with Crippen molar-refractivity contribution in [3.05, 3.63) is 28.9 Å². The van der Waals surface area contributed by atoms with E-state index in [0.717, 1.165) is 34.3 Å². The Kier molecular flexibility index (Phi) is 4.35. The zero-order chi connectivity index (χ0) is 16.6. The molecule has 3 heterocycles. The highest BCUT2D eigenvalue weighted by atomic mass is 32.1. The Labute approximate surface area is 139 Å². The molecule has 3 aromatic rings. The number of nitrogens with one attached hydrogen (secondary N) is 1. The highest BCUT2D eigenvalue weighted by Gasteiger charge is 2.17. The summed E-state index contributed by atoms with van der Waals surface area (Å²) in [5.41, 5.74) is 1.78. The maximum Gasteiger partial charge on any atom is 0.271 e. The summed E-state index contributed by atoms with van der Waals surface area (Å²) in [5.74, 6) is 0. The van der Waals surface area contributed by atoms with E-state index in [1.54, 1.807) is 17.1 Å². The van der Waals surface area contributed by atoms with Gasteiger partial charge in [0.25, 0.3) is 5.56 Å². The molecule has 5 nitrogen and oxygen atoms in total. The van der Waals surface area contributed by atoms with E-state index in [1.807, 2.05) is 6.07 Å². The van der Waals surface area contributed by atoms with Gasteiger partial charge in [0.15, 0.2) is 0 Å². The summed E-state index contributed by atoms with van der Waals surface area (Å²) in [5, 5.41) is 4.37. The fourth-order valence-corrected chi connectivity index (χ4v) is 3.93. The van der Waals surface area contributed by atoms with E-state index in [2.05, 4.69) is 43.0 Å². The van der Waals surface area contributed by atoms with Gasteiger partial charge >= 0.3 is 0 Å². The van der Waals surface area contributed by atoms with E-state index in [4.69, 9.17) is 0 Å². The Morgan fingerprint density at radius 3 is 2.78 bits per heavy atom. The van der Waals surface area contributed by atoms with Crippen LogP contribution < -0.4 is 10.9 Å². The average Bonchev–Trinajstić information content (AvgIpc) is 2.88. The van der Waals surface area contributed by atoms with E-state index < -0.39 is 0 Å². The van der Waals surface area contributed by atoms with Crippen LogP contribution in [-0.2, 0) is 0 Å². The molecule has 0 aliphatic carbocycles. The van der Waals surface area contributed by atoms with Gasteiger partial charge in [0.1, 0.15) is 9.53 Å². The summed E-state index contributed by atoms with van der Waals surface area (Å²) in [6.07, 6.45) is 5.47. The van der Waals surface area contributed by atoms with Crippen LogP contribution in [0.2, 0.25) is 0 Å². The first-order chi connectivity index (χ1) is 11.0. The predicted molar refractivity (Wildman–Crippen MR) is 97.6 cm³/mol. The Hall–Kier alpha value is -1.95. The first kappa shape index (κ1) is 15.9. The lowest BCUT2D eigenvalue weighted by Crippen LogP contribution is -2.22. The summed E-state index contributed by atoms with van der Waals surface area (Å²) in [4.78, 5) is 22.7. The fourth-order valence-electron chi connectivity index (χ4n) is 2.87. The maximum atomic E-state index is 12.8. The van der Waals surface area contributed by atoms with Crippen molar-refractivity contribution in [3.63, 3.8) is 0 Å². The van der Waals surface area contributed by atoms with Gasteiger partial charge in [-0.2, -0.15) is 0 Å². The normalized spacial score (nSPS) is 13.1. The van der Waals surface area contributed by atoms with Crippen molar-refractivity contribution in [1.82, 2.24) is 14.5 Å². The van der Waals surface area contributed by atoms with Crippen LogP contribution in [0.15, 0.2) is 23.4 Å². The van der Waals surface area contributed by atoms with Gasteiger partial charge in [-0.05, 0) is 33.3 Å². The highest BCUT2D eigenvalue weighted by Crippen LogP contribution is 2.34. The van der Waals surface area contributed by atoms with Crippen molar-refractivity contribution in [1.29, 1.82) is 0 Å². The van der Waals surface area contributed by atoms with Crippen LogP contribution in [0.5, 0.6) is 0 Å². The Bertz CT molecular complexity index is 897. The van der Waals surface area contributed by atoms with E-state index in [1.165, 1.54) is 11.3 Å². The lowest BCUT2D eigenvalue weighted by atomic mass is 10.2. The molecule has 0 aliphatic heterocycles. The molecule has 3 aromatic heterocycles. The van der Waals surface area contributed by atoms with Crippen molar-refractivity contribution >= 4 is 37.5 Å². The number of hydrogen-bond acceptors (Lipinski definition) is 5. The molecule has 0 saturated carbocycles. The van der Waals surface area contributed by atoms with Crippen molar-refractivity contribution < 1.29 is 0 Å². The molecule has 0 saturated heterocycles. The van der Waals surface area contributed by atoms with Crippen molar-refractivity contribution in [3.8, 4) is 0 Å². The number of pyridine rings is 1. The summed E-state index contributed by atoms with van der Waals surface area (Å²) >= 11 is 1.43. The van der Waals surface area contributed by atoms with E-state index in [-0.39, 0.29) is 11.6 Å². The number of thiophene rings is 1. The summed E-state index contributed by atoms with van der Waals surface area (Å²) < 4.78 is 2.44. The molecule has 0 aromatic carbocycles. The van der Waals surface area contributed by atoms with Crippen LogP contribution in [0.25, 0.3) is 20.4 Å². The van der Waals surface area contributed by atoms with Gasteiger partial charge in [-0.25, -0.2) is 9.97 Å². The maximum absolute atomic E-state index is 12.8. The van der Waals surface area contributed by atoms with Crippen LogP contribution in [0, 0.1) is 0 Å². The Balaban J connectivity index is 2.24. The number of nitrogens with zero attached hydrogens (tertiary/aromatic N) is 3. The monoisotopic (exact) mass is 330 g/mol. The third kappa shape index (κ3) is 2.83. The second kappa shape index (κ2) is 6.28. The predicted octanol–water partition coefficient (Wildman–Crippen LogP) is 4.19. The molecule has 0 fully saturated rings. The minimum atomic E-state index is 0.0365. The fraction of sp³-hybridized carbons (Fsp3) is 0.471. The van der Waals surface area contributed by atoms with Crippen LogP contribution in [0.1, 0.15) is 46.6 Å². The largest absolute Gasteiger partial charge is 0.382 e. The number of anilines is 1. The first-order valence-corrected chi connectivity index (χ1v) is 8.89. The first-order valence-electron chi connectivity index (χ1n) is 8.07. The van der Waals surface area contributed by atoms with Crippen molar-refractivity contribution in [2.75, 3.05) is 5.32 Å². The summed E-state index contributed by atoms with van der Waals surface area (Å²) in [7, 11) is 0. The van der Waals surface area contributed by atoms with Gasteiger partial charge in [0, 0.05) is 24.0 Å².